The van der Waals surface area contributed by atoms with Crippen LogP contribution >= 0.6 is 7.82 Å². The van der Waals surface area contributed by atoms with E-state index in [0.717, 1.165) is 51.6 Å². The summed E-state index contributed by atoms with van der Waals surface area (Å²) < 4.78 is 35.8. The van der Waals surface area contributed by atoms with E-state index in [1.165, 1.54) is 77.0 Å². The standard InChI is InChI=1S/C42H68NO9P/c1-2-3-4-5-11-14-19-26-37(44)32-35-49-34-25-16-13-10-8-6-7-9-12-15-24-31-41(45)43-40(42(46)47)33-36-50-53(48,51-38-27-20-17-21-28-38)52-39-29-22-18-23-30-39/h17-18,20-23,27-30,37,40,44H,2-16,19,24-26,31-36H2,1H3,(H,43,45)(H,46,47)/t37-,40?/m1/s1. The van der Waals surface area contributed by atoms with Crippen molar-refractivity contribution in [1.29, 1.82) is 0 Å². The SMILES string of the molecule is CCCCCCCCC[C@@H](O)CCOCCCCCCCCCCCCCC(=O)NC(CCOP(=O)(Oc1ccccc1)Oc1ccccc1)C(=O)O. The van der Waals surface area contributed by atoms with E-state index in [-0.39, 0.29) is 43.0 Å². The maximum atomic E-state index is 13.4. The lowest BCUT2D eigenvalue weighted by Gasteiger charge is -2.20. The van der Waals surface area contributed by atoms with Crippen molar-refractivity contribution in [1.82, 2.24) is 5.32 Å². The summed E-state index contributed by atoms with van der Waals surface area (Å²) in [6, 6.07) is 15.7. The Kier molecular flexibility index (Phi) is 26.5. The summed E-state index contributed by atoms with van der Waals surface area (Å²) in [5.41, 5.74) is 0. The molecule has 0 aliphatic carbocycles. The molecule has 2 aromatic rings. The lowest BCUT2D eigenvalue weighted by atomic mass is 10.0. The number of hydrogen-bond acceptors (Lipinski definition) is 8. The molecule has 0 spiro atoms. The molecule has 0 saturated heterocycles. The van der Waals surface area contributed by atoms with Crippen molar-refractivity contribution < 1.29 is 42.7 Å². The molecule has 1 amide bonds. The van der Waals surface area contributed by atoms with Crippen molar-refractivity contribution in [2.45, 2.75) is 160 Å². The molecule has 11 heteroatoms. The Bertz CT molecular complexity index is 1190. The van der Waals surface area contributed by atoms with E-state index in [4.69, 9.17) is 18.3 Å². The number of aliphatic hydroxyl groups excluding tert-OH is 1. The van der Waals surface area contributed by atoms with Gasteiger partial charge in [0.15, 0.2) is 0 Å². The predicted molar refractivity (Wildman–Crippen MR) is 211 cm³/mol. The molecular formula is C42H68NO9P. The molecule has 0 saturated carbocycles. The minimum atomic E-state index is -4.16. The quantitative estimate of drug-likeness (QED) is 0.0462. The lowest BCUT2D eigenvalue weighted by molar-refractivity contribution is -0.142. The summed E-state index contributed by atoms with van der Waals surface area (Å²) in [7, 11) is -4.16. The van der Waals surface area contributed by atoms with Gasteiger partial charge in [0.25, 0.3) is 0 Å². The van der Waals surface area contributed by atoms with E-state index in [0.29, 0.717) is 13.0 Å². The van der Waals surface area contributed by atoms with Gasteiger partial charge in [0.1, 0.15) is 17.5 Å². The number of unbranched alkanes of at least 4 members (excludes halogenated alkanes) is 16. The first-order chi connectivity index (χ1) is 25.8. The molecule has 0 aliphatic heterocycles. The number of benzene rings is 2. The summed E-state index contributed by atoms with van der Waals surface area (Å²) in [4.78, 5) is 24.4. The topological polar surface area (TPSA) is 141 Å². The van der Waals surface area contributed by atoms with Crippen LogP contribution in [0.1, 0.15) is 148 Å². The number of phosphoric acid groups is 1. The van der Waals surface area contributed by atoms with Crippen molar-refractivity contribution in [3.8, 4) is 11.5 Å². The van der Waals surface area contributed by atoms with Crippen LogP contribution in [0.5, 0.6) is 11.5 Å². The highest BCUT2D eigenvalue weighted by molar-refractivity contribution is 7.49. The predicted octanol–water partition coefficient (Wildman–Crippen LogP) is 10.8. The van der Waals surface area contributed by atoms with Crippen LogP contribution in [0.4, 0.5) is 0 Å². The number of carboxylic acid groups (broad SMARTS) is 1. The average molecular weight is 762 g/mol. The fourth-order valence-corrected chi connectivity index (χ4v) is 7.21. The van der Waals surface area contributed by atoms with Crippen LogP contribution in [0.3, 0.4) is 0 Å². The highest BCUT2D eigenvalue weighted by Gasteiger charge is 2.32. The van der Waals surface area contributed by atoms with E-state index < -0.39 is 19.8 Å². The largest absolute Gasteiger partial charge is 0.587 e. The van der Waals surface area contributed by atoms with Crippen molar-refractivity contribution in [3.05, 3.63) is 60.7 Å². The summed E-state index contributed by atoms with van der Waals surface area (Å²) >= 11 is 0. The molecular weight excluding hydrogens is 693 g/mol. The van der Waals surface area contributed by atoms with Crippen LogP contribution in [0.2, 0.25) is 0 Å². The molecule has 2 rings (SSSR count). The first-order valence-corrected chi connectivity index (χ1v) is 21.8. The molecule has 2 atom stereocenters. The van der Waals surface area contributed by atoms with Crippen molar-refractivity contribution in [3.63, 3.8) is 0 Å². The Balaban J connectivity index is 1.45. The Morgan fingerprint density at radius 3 is 1.64 bits per heavy atom. The number of amides is 1. The number of phosphoric ester groups is 1. The van der Waals surface area contributed by atoms with Crippen LogP contribution in [0.15, 0.2) is 60.7 Å². The number of nitrogens with one attached hydrogen (secondary N) is 1. The van der Waals surface area contributed by atoms with Gasteiger partial charge in [-0.15, -0.1) is 0 Å². The van der Waals surface area contributed by atoms with Gasteiger partial charge >= 0.3 is 13.8 Å². The third-order valence-electron chi connectivity index (χ3n) is 9.14. The number of aliphatic carboxylic acids is 1. The Hall–Kier alpha value is -2.91. The smallest absolute Gasteiger partial charge is 0.480 e. The number of hydrogen-bond donors (Lipinski definition) is 3. The van der Waals surface area contributed by atoms with E-state index in [9.17, 15) is 24.4 Å². The second-order valence-corrected chi connectivity index (χ2v) is 15.5. The number of carboxylic acids is 1. The van der Waals surface area contributed by atoms with Crippen LogP contribution in [-0.4, -0.2) is 54.1 Å². The van der Waals surface area contributed by atoms with Gasteiger partial charge in [-0.1, -0.05) is 146 Å². The minimum absolute atomic E-state index is 0.112. The molecule has 10 nitrogen and oxygen atoms in total. The normalized spacial score (nSPS) is 12.6. The zero-order valence-electron chi connectivity index (χ0n) is 32.3. The van der Waals surface area contributed by atoms with Crippen LogP contribution in [-0.2, 0) is 23.4 Å². The summed E-state index contributed by atoms with van der Waals surface area (Å²) in [5, 5.41) is 22.4. The number of carbonyl (C=O) groups is 2. The van der Waals surface area contributed by atoms with E-state index in [1.807, 2.05) is 0 Å². The molecule has 2 aromatic carbocycles. The molecule has 300 valence electrons. The van der Waals surface area contributed by atoms with E-state index in [1.54, 1.807) is 60.7 Å². The van der Waals surface area contributed by atoms with Gasteiger partial charge in [0, 0.05) is 26.1 Å². The number of aliphatic hydroxyl groups is 1. The fourth-order valence-electron chi connectivity index (χ4n) is 5.98. The summed E-state index contributed by atoms with van der Waals surface area (Å²) in [5.74, 6) is -0.970. The second-order valence-electron chi connectivity index (χ2n) is 13.9. The third-order valence-corrected chi connectivity index (χ3v) is 10.5. The maximum absolute atomic E-state index is 13.4. The molecule has 0 heterocycles. The third kappa shape index (κ3) is 24.9. The van der Waals surface area contributed by atoms with Gasteiger partial charge in [-0.3, -0.25) is 9.32 Å². The first kappa shape index (κ1) is 46.2. The average Bonchev–Trinajstić information content (AvgIpc) is 3.14. The zero-order chi connectivity index (χ0) is 38.2. The van der Waals surface area contributed by atoms with Crippen molar-refractivity contribution in [2.24, 2.45) is 0 Å². The van der Waals surface area contributed by atoms with Crippen LogP contribution in [0, 0.1) is 0 Å². The van der Waals surface area contributed by atoms with Crippen LogP contribution < -0.4 is 14.4 Å². The Morgan fingerprint density at radius 1 is 0.623 bits per heavy atom. The molecule has 0 fully saturated rings. The van der Waals surface area contributed by atoms with Crippen LogP contribution in [0.25, 0.3) is 0 Å². The lowest BCUT2D eigenvalue weighted by Crippen LogP contribution is -2.41. The zero-order valence-corrected chi connectivity index (χ0v) is 33.2. The van der Waals surface area contributed by atoms with Gasteiger partial charge in [-0.25, -0.2) is 9.36 Å². The highest BCUT2D eigenvalue weighted by Crippen LogP contribution is 2.49. The number of carbonyl (C=O) groups excluding carboxylic acids is 1. The first-order valence-electron chi connectivity index (χ1n) is 20.3. The number of rotatable bonds is 35. The highest BCUT2D eigenvalue weighted by atomic mass is 31.2. The number of ether oxygens (including phenoxy) is 1. The second kappa shape index (κ2) is 30.4. The van der Waals surface area contributed by atoms with Gasteiger partial charge in [0.05, 0.1) is 12.7 Å². The van der Waals surface area contributed by atoms with Crippen molar-refractivity contribution >= 4 is 19.7 Å². The number of para-hydroxylation sites is 2. The fraction of sp³-hybridized carbons (Fsp3) is 0.667. The molecule has 0 bridgehead atoms. The molecule has 3 N–H and O–H groups in total. The van der Waals surface area contributed by atoms with Gasteiger partial charge in [-0.05, 0) is 49.9 Å². The van der Waals surface area contributed by atoms with Crippen molar-refractivity contribution in [2.75, 3.05) is 19.8 Å². The Morgan fingerprint density at radius 2 is 1.11 bits per heavy atom. The van der Waals surface area contributed by atoms with Gasteiger partial charge in [-0.2, -0.15) is 0 Å². The molecule has 0 aliphatic rings. The van der Waals surface area contributed by atoms with Gasteiger partial charge in [0.2, 0.25) is 5.91 Å². The summed E-state index contributed by atoms with van der Waals surface area (Å²) in [6.07, 6.45) is 22.7. The van der Waals surface area contributed by atoms with E-state index >= 15 is 0 Å². The molecule has 53 heavy (non-hydrogen) atoms. The van der Waals surface area contributed by atoms with E-state index in [2.05, 4.69) is 12.2 Å². The monoisotopic (exact) mass is 761 g/mol. The summed E-state index contributed by atoms with van der Waals surface area (Å²) in [6.45, 7) is 3.41. The Labute approximate surface area is 319 Å². The van der Waals surface area contributed by atoms with Gasteiger partial charge < -0.3 is 29.3 Å². The molecule has 0 radical (unpaired) electrons. The minimum Gasteiger partial charge on any atom is -0.480 e. The molecule has 1 unspecified atom stereocenters. The molecule has 0 aromatic heterocycles. The maximum Gasteiger partial charge on any atom is 0.587 e.